The van der Waals surface area contributed by atoms with Gasteiger partial charge in [-0.3, -0.25) is 0 Å². The summed E-state index contributed by atoms with van der Waals surface area (Å²) in [6.45, 7) is 0.102. The van der Waals surface area contributed by atoms with Crippen LogP contribution in [-0.2, 0) is 0 Å². The Morgan fingerprint density at radius 1 is 1.43 bits per heavy atom. The van der Waals surface area contributed by atoms with Crippen molar-refractivity contribution in [1.82, 2.24) is 10.3 Å². The summed E-state index contributed by atoms with van der Waals surface area (Å²) in [6, 6.07) is 6.21. The summed E-state index contributed by atoms with van der Waals surface area (Å²) >= 11 is 5.17. The number of rotatable bonds is 7. The van der Waals surface area contributed by atoms with Crippen LogP contribution in [0, 0.1) is 0 Å². The first-order valence-electron chi connectivity index (χ1n) is 6.63. The second-order valence-corrected chi connectivity index (χ2v) is 4.69. The molecule has 1 aromatic carbocycles. The fourth-order valence-electron chi connectivity index (χ4n) is 1.43. The van der Waals surface area contributed by atoms with Crippen LogP contribution < -0.4 is 10.1 Å². The number of halogens is 2. The van der Waals surface area contributed by atoms with Gasteiger partial charge in [-0.2, -0.15) is 13.9 Å². The van der Waals surface area contributed by atoms with E-state index in [1.54, 1.807) is 30.4 Å². The number of hydrogen-bond acceptors (Lipinski definition) is 3. The minimum atomic E-state index is -2.82. The molecule has 0 aromatic heterocycles. The predicted octanol–water partition coefficient (Wildman–Crippen LogP) is 3.23. The largest absolute Gasteiger partial charge is 0.435 e. The lowest BCUT2D eigenvalue weighted by molar-refractivity contribution is -0.0498. The molecule has 0 amide bonds. The van der Waals surface area contributed by atoms with E-state index in [0.717, 1.165) is 24.9 Å². The molecule has 116 valence electrons. The smallest absolute Gasteiger partial charge is 0.387 e. The molecular formula is C14H19F2N3OS. The molecule has 0 radical (unpaired) electrons. The first-order valence-corrected chi connectivity index (χ1v) is 7.04. The first-order chi connectivity index (χ1) is 10.0. The van der Waals surface area contributed by atoms with E-state index in [-0.39, 0.29) is 5.75 Å². The molecule has 4 nitrogen and oxygen atoms in total. The van der Waals surface area contributed by atoms with Crippen molar-refractivity contribution < 1.29 is 13.5 Å². The van der Waals surface area contributed by atoms with E-state index >= 15 is 0 Å². The van der Waals surface area contributed by atoms with Crippen LogP contribution in [0.5, 0.6) is 5.75 Å². The highest BCUT2D eigenvalue weighted by Gasteiger charge is 2.03. The molecule has 0 heterocycles. The SMILES string of the molecule is CCCCNC(=S)N(C)N=Cc1ccc(OC(F)F)cc1. The average Bonchev–Trinajstić information content (AvgIpc) is 2.45. The summed E-state index contributed by atoms with van der Waals surface area (Å²) in [5, 5.41) is 9.36. The number of benzene rings is 1. The molecule has 1 N–H and O–H groups in total. The van der Waals surface area contributed by atoms with Crippen LogP contribution in [-0.4, -0.2) is 36.5 Å². The number of unbranched alkanes of at least 4 members (excludes halogenated alkanes) is 1. The molecule has 0 saturated carbocycles. The molecule has 1 aromatic rings. The number of hydrogen-bond donors (Lipinski definition) is 1. The third-order valence-electron chi connectivity index (χ3n) is 2.59. The maximum Gasteiger partial charge on any atom is 0.387 e. The zero-order valence-corrected chi connectivity index (χ0v) is 12.9. The van der Waals surface area contributed by atoms with Gasteiger partial charge in [0.05, 0.1) is 6.21 Å². The zero-order chi connectivity index (χ0) is 15.7. The van der Waals surface area contributed by atoms with Crippen LogP contribution in [0.25, 0.3) is 0 Å². The number of thiocarbonyl (C=S) groups is 1. The van der Waals surface area contributed by atoms with Crippen LogP contribution in [0.3, 0.4) is 0 Å². The number of hydrazone groups is 1. The summed E-state index contributed by atoms with van der Waals surface area (Å²) in [7, 11) is 1.74. The normalized spacial score (nSPS) is 10.9. The molecule has 0 aliphatic heterocycles. The Bertz CT molecular complexity index is 466. The topological polar surface area (TPSA) is 36.9 Å². The van der Waals surface area contributed by atoms with Crippen molar-refractivity contribution in [1.29, 1.82) is 0 Å². The number of ether oxygens (including phenoxy) is 1. The summed E-state index contributed by atoms with van der Waals surface area (Å²) in [6.07, 6.45) is 3.74. The van der Waals surface area contributed by atoms with Crippen molar-refractivity contribution in [2.45, 2.75) is 26.4 Å². The van der Waals surface area contributed by atoms with Gasteiger partial charge in [-0.25, -0.2) is 5.01 Å². The van der Waals surface area contributed by atoms with Gasteiger partial charge in [0.25, 0.3) is 0 Å². The lowest BCUT2D eigenvalue weighted by Gasteiger charge is -2.15. The summed E-state index contributed by atoms with van der Waals surface area (Å²) in [5.74, 6) is 0.118. The van der Waals surface area contributed by atoms with Gasteiger partial charge in [0.2, 0.25) is 0 Å². The van der Waals surface area contributed by atoms with E-state index in [0.29, 0.717) is 5.11 Å². The van der Waals surface area contributed by atoms with Crippen molar-refractivity contribution in [2.24, 2.45) is 5.10 Å². The Morgan fingerprint density at radius 3 is 2.67 bits per heavy atom. The lowest BCUT2D eigenvalue weighted by atomic mass is 10.2. The van der Waals surface area contributed by atoms with Gasteiger partial charge in [-0.1, -0.05) is 13.3 Å². The Kier molecular flexibility index (Phi) is 7.60. The third kappa shape index (κ3) is 6.99. The van der Waals surface area contributed by atoms with Crippen LogP contribution in [0.15, 0.2) is 29.4 Å². The van der Waals surface area contributed by atoms with Gasteiger partial charge in [0.1, 0.15) is 5.75 Å². The zero-order valence-electron chi connectivity index (χ0n) is 12.1. The molecular weight excluding hydrogens is 296 g/mol. The molecule has 0 fully saturated rings. The van der Waals surface area contributed by atoms with Gasteiger partial charge in [0.15, 0.2) is 5.11 Å². The van der Waals surface area contributed by atoms with E-state index in [1.165, 1.54) is 12.1 Å². The van der Waals surface area contributed by atoms with E-state index in [4.69, 9.17) is 12.2 Å². The van der Waals surface area contributed by atoms with Gasteiger partial charge in [-0.15, -0.1) is 0 Å². The van der Waals surface area contributed by atoms with Crippen molar-refractivity contribution in [3.63, 3.8) is 0 Å². The first kappa shape index (κ1) is 17.3. The van der Waals surface area contributed by atoms with Crippen molar-refractivity contribution in [3.8, 4) is 5.75 Å². The maximum atomic E-state index is 12.0. The molecule has 0 spiro atoms. The van der Waals surface area contributed by atoms with E-state index in [1.807, 2.05) is 0 Å². The standard InChI is InChI=1S/C14H19F2N3OS/c1-3-4-9-17-14(21)19(2)18-10-11-5-7-12(8-6-11)20-13(15)16/h5-8,10,13H,3-4,9H2,1-2H3,(H,17,21). The Balaban J connectivity index is 2.49. The second-order valence-electron chi connectivity index (χ2n) is 4.30. The predicted molar refractivity (Wildman–Crippen MR) is 83.9 cm³/mol. The van der Waals surface area contributed by atoms with Crippen molar-refractivity contribution in [3.05, 3.63) is 29.8 Å². The van der Waals surface area contributed by atoms with Crippen molar-refractivity contribution >= 4 is 23.5 Å². The average molecular weight is 315 g/mol. The van der Waals surface area contributed by atoms with E-state index < -0.39 is 6.61 Å². The Morgan fingerprint density at radius 2 is 2.10 bits per heavy atom. The van der Waals surface area contributed by atoms with Crippen LogP contribution in [0.4, 0.5) is 8.78 Å². The highest BCUT2D eigenvalue weighted by atomic mass is 32.1. The summed E-state index contributed by atoms with van der Waals surface area (Å²) in [4.78, 5) is 0. The highest BCUT2D eigenvalue weighted by Crippen LogP contribution is 2.14. The molecule has 0 unspecified atom stereocenters. The Hall–Kier alpha value is -1.76. The number of alkyl halides is 2. The third-order valence-corrected chi connectivity index (χ3v) is 2.99. The fraction of sp³-hybridized carbons (Fsp3) is 0.429. The van der Waals surface area contributed by atoms with Gasteiger partial charge < -0.3 is 10.1 Å². The summed E-state index contributed by atoms with van der Waals surface area (Å²) in [5.41, 5.74) is 0.764. The maximum absolute atomic E-state index is 12.0. The monoisotopic (exact) mass is 315 g/mol. The molecule has 0 atom stereocenters. The minimum absolute atomic E-state index is 0.118. The number of nitrogens with one attached hydrogen (secondary N) is 1. The van der Waals surface area contributed by atoms with Gasteiger partial charge in [0, 0.05) is 13.6 Å². The lowest BCUT2D eigenvalue weighted by Crippen LogP contribution is -2.34. The molecule has 7 heteroatoms. The molecule has 0 aliphatic rings. The highest BCUT2D eigenvalue weighted by molar-refractivity contribution is 7.80. The molecule has 1 rings (SSSR count). The van der Waals surface area contributed by atoms with Gasteiger partial charge in [-0.05, 0) is 48.5 Å². The van der Waals surface area contributed by atoms with E-state index in [9.17, 15) is 8.78 Å². The van der Waals surface area contributed by atoms with Crippen LogP contribution in [0.2, 0.25) is 0 Å². The Labute approximate surface area is 128 Å². The minimum Gasteiger partial charge on any atom is -0.435 e. The van der Waals surface area contributed by atoms with Gasteiger partial charge >= 0.3 is 6.61 Å². The fourth-order valence-corrected chi connectivity index (χ4v) is 1.58. The number of nitrogens with zero attached hydrogens (tertiary/aromatic N) is 2. The molecule has 21 heavy (non-hydrogen) atoms. The summed E-state index contributed by atoms with van der Waals surface area (Å²) < 4.78 is 28.3. The van der Waals surface area contributed by atoms with Crippen LogP contribution >= 0.6 is 12.2 Å². The molecule has 0 aliphatic carbocycles. The molecule has 0 saturated heterocycles. The van der Waals surface area contributed by atoms with Crippen LogP contribution in [0.1, 0.15) is 25.3 Å². The van der Waals surface area contributed by atoms with Crippen molar-refractivity contribution in [2.75, 3.05) is 13.6 Å². The second kappa shape index (κ2) is 9.23. The van der Waals surface area contributed by atoms with E-state index in [2.05, 4.69) is 22.1 Å². The molecule has 0 bridgehead atoms. The quantitative estimate of drug-likeness (QED) is 0.363.